The van der Waals surface area contributed by atoms with Crippen LogP contribution in [0.5, 0.6) is 0 Å². The molecule has 0 aromatic heterocycles. The lowest BCUT2D eigenvalue weighted by Crippen LogP contribution is -2.40. The number of likely N-dealkylation sites (tertiary alicyclic amines) is 1. The maximum Gasteiger partial charge on any atom is 0.0121 e. The highest BCUT2D eigenvalue weighted by Gasteiger charge is 2.30. The molecular weight excluding hydrogens is 208 g/mol. The van der Waals surface area contributed by atoms with E-state index < -0.39 is 0 Å². The predicted molar refractivity (Wildman–Crippen MR) is 74.3 cm³/mol. The summed E-state index contributed by atoms with van der Waals surface area (Å²) in [6.45, 7) is 9.75. The minimum atomic E-state index is 0.783. The van der Waals surface area contributed by atoms with Crippen LogP contribution in [0.1, 0.15) is 59.3 Å². The number of rotatable bonds is 7. The molecule has 2 atom stereocenters. The van der Waals surface area contributed by atoms with E-state index in [0.29, 0.717) is 0 Å². The van der Waals surface area contributed by atoms with Crippen LogP contribution in [0, 0.1) is 5.92 Å². The molecule has 0 aromatic rings. The Morgan fingerprint density at radius 3 is 2.59 bits per heavy atom. The molecule has 17 heavy (non-hydrogen) atoms. The molecule has 2 heteroatoms. The molecule has 1 saturated heterocycles. The van der Waals surface area contributed by atoms with E-state index in [4.69, 9.17) is 0 Å². The molecular formula is C15H30N2. The summed E-state index contributed by atoms with van der Waals surface area (Å²) < 4.78 is 0. The van der Waals surface area contributed by atoms with Gasteiger partial charge in [-0.25, -0.2) is 0 Å². The first-order valence-corrected chi connectivity index (χ1v) is 7.67. The van der Waals surface area contributed by atoms with E-state index in [2.05, 4.69) is 31.0 Å². The first-order chi connectivity index (χ1) is 8.18. The fourth-order valence-corrected chi connectivity index (χ4v) is 3.24. The average Bonchev–Trinajstić information content (AvgIpc) is 2.97. The summed E-state index contributed by atoms with van der Waals surface area (Å²) in [4.78, 5) is 2.77. The lowest BCUT2D eigenvalue weighted by molar-refractivity contribution is 0.147. The molecule has 0 aromatic carbocycles. The molecule has 2 nitrogen and oxygen atoms in total. The average molecular weight is 238 g/mol. The highest BCUT2D eigenvalue weighted by molar-refractivity contribution is 4.85. The molecule has 2 unspecified atom stereocenters. The molecule has 0 radical (unpaired) electrons. The van der Waals surface area contributed by atoms with Crippen LogP contribution >= 0.6 is 0 Å². The second-order valence-electron chi connectivity index (χ2n) is 6.41. The summed E-state index contributed by atoms with van der Waals surface area (Å²) in [5.74, 6) is 0.824. The molecule has 1 aliphatic carbocycles. The number of nitrogens with one attached hydrogen (secondary N) is 1. The Balaban J connectivity index is 1.64. The Hall–Kier alpha value is -0.0800. The van der Waals surface area contributed by atoms with Crippen molar-refractivity contribution in [2.45, 2.75) is 77.4 Å². The van der Waals surface area contributed by atoms with Gasteiger partial charge < -0.3 is 5.32 Å². The fraction of sp³-hybridized carbons (Fsp3) is 1.00. The summed E-state index contributed by atoms with van der Waals surface area (Å²) in [5.41, 5.74) is 0. The number of nitrogens with zero attached hydrogens (tertiary/aromatic N) is 1. The molecule has 2 fully saturated rings. The summed E-state index contributed by atoms with van der Waals surface area (Å²) in [6.07, 6.45) is 8.37. The van der Waals surface area contributed by atoms with Crippen molar-refractivity contribution >= 4 is 0 Å². The standard InChI is InChI=1S/C15H30N2/c1-12(2)15-7-5-11-17(15)13(3)6-4-10-16-14-8-9-14/h12-16H,4-11H2,1-3H3. The Morgan fingerprint density at radius 2 is 1.94 bits per heavy atom. The first kappa shape index (κ1) is 13.4. The van der Waals surface area contributed by atoms with E-state index >= 15 is 0 Å². The lowest BCUT2D eigenvalue weighted by Gasteiger charge is -2.33. The van der Waals surface area contributed by atoms with Gasteiger partial charge in [-0.2, -0.15) is 0 Å². The Labute approximate surface area is 107 Å². The van der Waals surface area contributed by atoms with Crippen LogP contribution < -0.4 is 5.32 Å². The van der Waals surface area contributed by atoms with Gasteiger partial charge in [0.15, 0.2) is 0 Å². The largest absolute Gasteiger partial charge is 0.314 e. The third kappa shape index (κ3) is 3.96. The third-order valence-electron chi connectivity index (χ3n) is 4.49. The van der Waals surface area contributed by atoms with Crippen LogP contribution in [-0.4, -0.2) is 36.1 Å². The fourth-order valence-electron chi connectivity index (χ4n) is 3.24. The molecule has 0 amide bonds. The maximum absolute atomic E-state index is 3.62. The molecule has 2 aliphatic rings. The van der Waals surface area contributed by atoms with Gasteiger partial charge in [0.1, 0.15) is 0 Å². The van der Waals surface area contributed by atoms with Crippen molar-refractivity contribution in [3.8, 4) is 0 Å². The van der Waals surface area contributed by atoms with Gasteiger partial charge in [0.05, 0.1) is 0 Å². The minimum absolute atomic E-state index is 0.783. The lowest BCUT2D eigenvalue weighted by atomic mass is 10.00. The number of hydrogen-bond donors (Lipinski definition) is 1. The topological polar surface area (TPSA) is 15.3 Å². The van der Waals surface area contributed by atoms with Crippen molar-refractivity contribution in [2.75, 3.05) is 13.1 Å². The summed E-state index contributed by atoms with van der Waals surface area (Å²) in [5, 5.41) is 3.62. The van der Waals surface area contributed by atoms with Crippen LogP contribution in [0.3, 0.4) is 0 Å². The van der Waals surface area contributed by atoms with Crippen molar-refractivity contribution in [3.63, 3.8) is 0 Å². The van der Waals surface area contributed by atoms with Crippen LogP contribution in [0.25, 0.3) is 0 Å². The Morgan fingerprint density at radius 1 is 1.18 bits per heavy atom. The number of hydrogen-bond acceptors (Lipinski definition) is 2. The molecule has 0 spiro atoms. The second-order valence-corrected chi connectivity index (χ2v) is 6.41. The molecule has 0 bridgehead atoms. The van der Waals surface area contributed by atoms with Gasteiger partial charge in [-0.15, -0.1) is 0 Å². The van der Waals surface area contributed by atoms with E-state index in [9.17, 15) is 0 Å². The molecule has 1 saturated carbocycles. The second kappa shape index (κ2) is 6.19. The smallest absolute Gasteiger partial charge is 0.0121 e. The van der Waals surface area contributed by atoms with Gasteiger partial charge in [0.25, 0.3) is 0 Å². The van der Waals surface area contributed by atoms with Crippen LogP contribution in [0.2, 0.25) is 0 Å². The zero-order valence-electron chi connectivity index (χ0n) is 11.9. The monoisotopic (exact) mass is 238 g/mol. The summed E-state index contributed by atoms with van der Waals surface area (Å²) in [7, 11) is 0. The quantitative estimate of drug-likeness (QED) is 0.686. The van der Waals surface area contributed by atoms with Crippen LogP contribution in [0.15, 0.2) is 0 Å². The van der Waals surface area contributed by atoms with Crippen molar-refractivity contribution in [1.29, 1.82) is 0 Å². The van der Waals surface area contributed by atoms with E-state index in [1.54, 1.807) is 0 Å². The van der Waals surface area contributed by atoms with Gasteiger partial charge in [0, 0.05) is 18.1 Å². The van der Waals surface area contributed by atoms with Gasteiger partial charge in [0.2, 0.25) is 0 Å². The molecule has 100 valence electrons. The van der Waals surface area contributed by atoms with E-state index in [-0.39, 0.29) is 0 Å². The normalized spacial score (nSPS) is 27.9. The van der Waals surface area contributed by atoms with E-state index in [1.807, 2.05) is 0 Å². The van der Waals surface area contributed by atoms with Crippen LogP contribution in [-0.2, 0) is 0 Å². The minimum Gasteiger partial charge on any atom is -0.314 e. The predicted octanol–water partition coefficient (Wildman–Crippen LogP) is 3.03. The summed E-state index contributed by atoms with van der Waals surface area (Å²) >= 11 is 0. The molecule has 1 N–H and O–H groups in total. The molecule has 1 heterocycles. The van der Waals surface area contributed by atoms with Gasteiger partial charge in [-0.3, -0.25) is 4.90 Å². The third-order valence-corrected chi connectivity index (χ3v) is 4.49. The Bertz CT molecular complexity index is 223. The van der Waals surface area contributed by atoms with E-state index in [1.165, 1.54) is 51.6 Å². The summed E-state index contributed by atoms with van der Waals surface area (Å²) in [6, 6.07) is 2.51. The van der Waals surface area contributed by atoms with Gasteiger partial charge >= 0.3 is 0 Å². The van der Waals surface area contributed by atoms with Crippen LogP contribution in [0.4, 0.5) is 0 Å². The van der Waals surface area contributed by atoms with Crippen molar-refractivity contribution in [3.05, 3.63) is 0 Å². The van der Waals surface area contributed by atoms with Gasteiger partial charge in [-0.1, -0.05) is 13.8 Å². The molecule has 1 aliphatic heterocycles. The highest BCUT2D eigenvalue weighted by atomic mass is 15.2. The van der Waals surface area contributed by atoms with Crippen molar-refractivity contribution in [1.82, 2.24) is 10.2 Å². The SMILES string of the molecule is CC(C)C1CCCN1C(C)CCCNC1CC1. The first-order valence-electron chi connectivity index (χ1n) is 7.67. The zero-order chi connectivity index (χ0) is 12.3. The van der Waals surface area contributed by atoms with Crippen molar-refractivity contribution < 1.29 is 0 Å². The molecule has 2 rings (SSSR count). The van der Waals surface area contributed by atoms with Gasteiger partial charge in [-0.05, 0) is 64.5 Å². The maximum atomic E-state index is 3.62. The Kier molecular flexibility index (Phi) is 4.87. The van der Waals surface area contributed by atoms with Crippen molar-refractivity contribution in [2.24, 2.45) is 5.92 Å². The zero-order valence-corrected chi connectivity index (χ0v) is 11.9. The van der Waals surface area contributed by atoms with E-state index in [0.717, 1.165) is 24.0 Å². The highest BCUT2D eigenvalue weighted by Crippen LogP contribution is 2.27.